The van der Waals surface area contributed by atoms with Gasteiger partial charge in [0.25, 0.3) is 10.1 Å². The smallest absolute Gasteiger partial charge is 0.329 e. The third-order valence-electron chi connectivity index (χ3n) is 10.1. The molecule has 1 heterocycles. The highest BCUT2D eigenvalue weighted by Gasteiger charge is 2.42. The highest BCUT2D eigenvalue weighted by molar-refractivity contribution is 7.85. The van der Waals surface area contributed by atoms with Crippen LogP contribution >= 0.6 is 0 Å². The van der Waals surface area contributed by atoms with Crippen LogP contribution in [0, 0.1) is 5.41 Å². The van der Waals surface area contributed by atoms with Crippen LogP contribution in [0.1, 0.15) is 127 Å². The first-order chi connectivity index (χ1) is 31.3. The maximum atomic E-state index is 13.9. The molecular formula is C49H75N3O15S. The van der Waals surface area contributed by atoms with Crippen molar-refractivity contribution < 1.29 is 69.8 Å². The number of urea groups is 1. The molecule has 68 heavy (non-hydrogen) atoms. The van der Waals surface area contributed by atoms with E-state index >= 15 is 0 Å². The second-order valence-electron chi connectivity index (χ2n) is 20.9. The van der Waals surface area contributed by atoms with Crippen LogP contribution in [0.2, 0.25) is 0 Å². The Balaban J connectivity index is 1.68. The van der Waals surface area contributed by atoms with E-state index in [1.54, 1.807) is 76.2 Å². The molecule has 18 nitrogen and oxygen atoms in total. The van der Waals surface area contributed by atoms with Crippen LogP contribution in [0.15, 0.2) is 42.5 Å². The normalized spacial score (nSPS) is 16.4. The zero-order chi connectivity index (χ0) is 51.1. The van der Waals surface area contributed by atoms with Crippen LogP contribution in [0.5, 0.6) is 0 Å². The molecule has 19 heteroatoms. The molecule has 2 aromatic rings. The molecule has 0 aromatic heterocycles. The SMILES string of the molecule is CC(C)(C)OC(=O)CC[C@H](NC(=O)N[C@@H](CCCCCC(=O)C(Cc1ccc2ccccc2c1)NC(=O)COCC1(COS(C)(=O)=O)COC(C)(C)OC1)C(=O)OC(C)(C)C)C(=O)OC(C)(C)C. The molecule has 3 amide bonds. The fraction of sp³-hybridized carbons (Fsp3) is 0.673. The van der Waals surface area contributed by atoms with Gasteiger partial charge in [0.05, 0.1) is 44.1 Å². The third kappa shape index (κ3) is 22.6. The standard InChI is InChI=1S/C49H75N3O15S/c1-45(2,3)65-41(55)25-24-37(43(57)67-47(7,8)9)52-44(58)51-36(42(56)66-46(4,5)6)20-14-13-15-21-39(53)38(27-33-22-23-34-18-16-17-19-35(34)26-33)50-40(54)28-61-29-49(32-64-68(12,59)60)30-62-48(10,11)63-31-49/h16-19,22-23,26,36-38H,13-15,20-21,24-25,27-32H2,1-12H3,(H,50,54)(H2,51,52,58)/t36-,37-,38?/m0/s1. The molecule has 2 aromatic carbocycles. The van der Waals surface area contributed by atoms with Gasteiger partial charge in [-0.05, 0) is 118 Å². The highest BCUT2D eigenvalue weighted by Crippen LogP contribution is 2.31. The molecule has 0 radical (unpaired) electrons. The molecule has 1 saturated heterocycles. The zero-order valence-corrected chi connectivity index (χ0v) is 42.8. The zero-order valence-electron chi connectivity index (χ0n) is 42.0. The number of hydrogen-bond acceptors (Lipinski definition) is 15. The number of carbonyl (C=O) groups excluding carboxylic acids is 6. The number of fused-ring (bicyclic) bond motifs is 1. The van der Waals surface area contributed by atoms with E-state index in [9.17, 15) is 37.2 Å². The third-order valence-corrected chi connectivity index (χ3v) is 10.7. The van der Waals surface area contributed by atoms with Crippen LogP contribution in [-0.4, -0.2) is 124 Å². The van der Waals surface area contributed by atoms with Crippen molar-refractivity contribution >= 4 is 56.5 Å². The van der Waals surface area contributed by atoms with E-state index in [-0.39, 0.29) is 64.3 Å². The van der Waals surface area contributed by atoms with Gasteiger partial charge >= 0.3 is 23.9 Å². The van der Waals surface area contributed by atoms with Crippen molar-refractivity contribution in [3.63, 3.8) is 0 Å². The van der Waals surface area contributed by atoms with Gasteiger partial charge in [0.15, 0.2) is 11.6 Å². The number of ether oxygens (including phenoxy) is 6. The molecule has 0 saturated carbocycles. The van der Waals surface area contributed by atoms with Gasteiger partial charge in [-0.2, -0.15) is 8.42 Å². The van der Waals surface area contributed by atoms with Gasteiger partial charge in [-0.25, -0.2) is 14.4 Å². The van der Waals surface area contributed by atoms with E-state index < -0.39 is 92.7 Å². The lowest BCUT2D eigenvalue weighted by Crippen LogP contribution is -2.53. The van der Waals surface area contributed by atoms with E-state index in [1.807, 2.05) is 42.5 Å². The van der Waals surface area contributed by atoms with E-state index in [2.05, 4.69) is 16.0 Å². The predicted octanol–water partition coefficient (Wildman–Crippen LogP) is 5.99. The Morgan fingerprint density at radius 1 is 0.676 bits per heavy atom. The van der Waals surface area contributed by atoms with Crippen LogP contribution in [0.4, 0.5) is 4.79 Å². The Morgan fingerprint density at radius 2 is 1.24 bits per heavy atom. The van der Waals surface area contributed by atoms with Gasteiger partial charge < -0.3 is 44.4 Å². The van der Waals surface area contributed by atoms with E-state index in [0.29, 0.717) is 19.3 Å². The predicted molar refractivity (Wildman–Crippen MR) is 254 cm³/mol. The highest BCUT2D eigenvalue weighted by atomic mass is 32.2. The molecule has 382 valence electrons. The van der Waals surface area contributed by atoms with Crippen molar-refractivity contribution in [2.45, 2.75) is 168 Å². The first kappa shape index (κ1) is 57.6. The first-order valence-electron chi connectivity index (χ1n) is 23.1. The fourth-order valence-corrected chi connectivity index (χ4v) is 7.34. The quantitative estimate of drug-likeness (QED) is 0.0474. The molecule has 3 rings (SSSR count). The Morgan fingerprint density at radius 3 is 1.79 bits per heavy atom. The topological polar surface area (TPSA) is 237 Å². The van der Waals surface area contributed by atoms with E-state index in [4.69, 9.17) is 32.6 Å². The number of ketones is 1. The number of carbonyl (C=O) groups is 6. The summed E-state index contributed by atoms with van der Waals surface area (Å²) in [7, 11) is -3.80. The molecule has 3 N–H and O–H groups in total. The molecule has 0 bridgehead atoms. The summed E-state index contributed by atoms with van der Waals surface area (Å²) in [4.78, 5) is 79.8. The van der Waals surface area contributed by atoms with Gasteiger partial charge in [0, 0.05) is 12.8 Å². The fourth-order valence-electron chi connectivity index (χ4n) is 6.88. The summed E-state index contributed by atoms with van der Waals surface area (Å²) in [6.07, 6.45) is 2.26. The number of rotatable bonds is 24. The molecule has 0 spiro atoms. The maximum absolute atomic E-state index is 13.9. The lowest BCUT2D eigenvalue weighted by Gasteiger charge is -2.42. The number of hydrogen-bond donors (Lipinski definition) is 3. The lowest BCUT2D eigenvalue weighted by molar-refractivity contribution is -0.295. The molecular weight excluding hydrogens is 903 g/mol. The first-order valence-corrected chi connectivity index (χ1v) is 24.9. The summed E-state index contributed by atoms with van der Waals surface area (Å²) in [5, 5.41) is 10.0. The summed E-state index contributed by atoms with van der Waals surface area (Å²) in [5.74, 6) is -3.74. The molecule has 0 aliphatic carbocycles. The summed E-state index contributed by atoms with van der Waals surface area (Å²) in [6, 6.07) is 9.43. The second-order valence-corrected chi connectivity index (χ2v) is 22.6. The molecule has 1 aliphatic rings. The summed E-state index contributed by atoms with van der Waals surface area (Å²) >= 11 is 0. The van der Waals surface area contributed by atoms with Crippen molar-refractivity contribution in [2.75, 3.05) is 39.3 Å². The molecule has 1 fully saturated rings. The van der Waals surface area contributed by atoms with Crippen LogP contribution in [-0.2, 0) is 73.1 Å². The largest absolute Gasteiger partial charge is 0.460 e. The minimum absolute atomic E-state index is 0.0495. The number of unbranched alkanes of at least 4 members (excludes halogenated alkanes) is 2. The van der Waals surface area contributed by atoms with Crippen molar-refractivity contribution in [3.05, 3.63) is 48.0 Å². The lowest BCUT2D eigenvalue weighted by atomic mass is 9.91. The Kier molecular flexibility index (Phi) is 21.0. The van der Waals surface area contributed by atoms with Crippen molar-refractivity contribution in [1.82, 2.24) is 16.0 Å². The second kappa shape index (κ2) is 24.7. The van der Waals surface area contributed by atoms with Crippen LogP contribution in [0.25, 0.3) is 10.8 Å². The minimum Gasteiger partial charge on any atom is -0.460 e. The van der Waals surface area contributed by atoms with Gasteiger partial charge in [-0.3, -0.25) is 18.6 Å². The van der Waals surface area contributed by atoms with Crippen molar-refractivity contribution in [3.8, 4) is 0 Å². The monoisotopic (exact) mass is 977 g/mol. The van der Waals surface area contributed by atoms with Gasteiger partial charge in [0.1, 0.15) is 35.5 Å². The van der Waals surface area contributed by atoms with Crippen molar-refractivity contribution in [2.24, 2.45) is 5.41 Å². The summed E-state index contributed by atoms with van der Waals surface area (Å²) in [5.41, 5.74) is -2.73. The van der Waals surface area contributed by atoms with Gasteiger partial charge in [0.2, 0.25) is 5.91 Å². The molecule has 1 aliphatic heterocycles. The average molecular weight is 978 g/mol. The van der Waals surface area contributed by atoms with Gasteiger partial charge in [-0.15, -0.1) is 0 Å². The Labute approximate surface area is 402 Å². The Hall–Kier alpha value is -4.69. The van der Waals surface area contributed by atoms with E-state index in [1.165, 1.54) is 0 Å². The number of amides is 3. The number of Topliss-reactive ketones (excluding diaryl/α,β-unsaturated/α-hetero) is 1. The van der Waals surface area contributed by atoms with Crippen LogP contribution in [0.3, 0.4) is 0 Å². The minimum atomic E-state index is -3.80. The van der Waals surface area contributed by atoms with Crippen LogP contribution < -0.4 is 16.0 Å². The number of esters is 3. The Bertz CT molecular complexity index is 2150. The molecule has 3 atom stereocenters. The van der Waals surface area contributed by atoms with E-state index in [0.717, 1.165) is 22.6 Å². The number of nitrogens with one attached hydrogen (secondary N) is 3. The summed E-state index contributed by atoms with van der Waals surface area (Å²) in [6.45, 7) is 17.9. The maximum Gasteiger partial charge on any atom is 0.329 e. The molecule has 1 unspecified atom stereocenters. The summed E-state index contributed by atoms with van der Waals surface area (Å²) < 4.78 is 62.6. The number of benzene rings is 2. The average Bonchev–Trinajstić information content (AvgIpc) is 3.19. The van der Waals surface area contributed by atoms with Crippen molar-refractivity contribution in [1.29, 1.82) is 0 Å². The van der Waals surface area contributed by atoms with Gasteiger partial charge in [-0.1, -0.05) is 55.3 Å².